The highest BCUT2D eigenvalue weighted by atomic mass is 15.0. The second kappa shape index (κ2) is 8.11. The lowest BCUT2D eigenvalue weighted by Crippen LogP contribution is -2.37. The second-order valence-corrected chi connectivity index (χ2v) is 12.2. The average molecular weight is 527 g/mol. The zero-order chi connectivity index (χ0) is 27.3. The van der Waals surface area contributed by atoms with Crippen LogP contribution in [0.1, 0.15) is 30.9 Å². The summed E-state index contributed by atoms with van der Waals surface area (Å²) in [5.41, 5.74) is 9.18. The molecule has 0 spiro atoms. The molecule has 2 aliphatic carbocycles. The van der Waals surface area contributed by atoms with Crippen molar-refractivity contribution in [2.24, 2.45) is 5.92 Å². The van der Waals surface area contributed by atoms with Crippen molar-refractivity contribution in [1.82, 2.24) is 9.13 Å². The molecule has 0 bridgehead atoms. The summed E-state index contributed by atoms with van der Waals surface area (Å²) in [6.45, 7) is 4.89. The van der Waals surface area contributed by atoms with Crippen LogP contribution in [0.15, 0.2) is 121 Å². The van der Waals surface area contributed by atoms with E-state index in [2.05, 4.69) is 156 Å². The molecule has 2 heteroatoms. The Morgan fingerprint density at radius 3 is 1.83 bits per heavy atom. The molecule has 2 unspecified atom stereocenters. The van der Waals surface area contributed by atoms with Gasteiger partial charge >= 0.3 is 0 Å². The fourth-order valence-corrected chi connectivity index (χ4v) is 7.88. The van der Waals surface area contributed by atoms with Crippen molar-refractivity contribution in [3.8, 4) is 11.4 Å². The lowest BCUT2D eigenvalue weighted by atomic mass is 9.74. The fourth-order valence-electron chi connectivity index (χ4n) is 7.88. The van der Waals surface area contributed by atoms with Crippen LogP contribution in [-0.2, 0) is 5.41 Å². The maximum atomic E-state index is 2.58. The van der Waals surface area contributed by atoms with E-state index in [4.69, 9.17) is 0 Å². The van der Waals surface area contributed by atoms with Crippen LogP contribution in [0, 0.1) is 5.92 Å². The number of hydrogen-bond acceptors (Lipinski definition) is 0. The van der Waals surface area contributed by atoms with Gasteiger partial charge in [0.05, 0.1) is 21.9 Å². The van der Waals surface area contributed by atoms with Crippen molar-refractivity contribution in [2.75, 3.05) is 0 Å². The second-order valence-electron chi connectivity index (χ2n) is 12.2. The average Bonchev–Trinajstić information content (AvgIpc) is 3.59. The first kappa shape index (κ1) is 22.9. The van der Waals surface area contributed by atoms with Gasteiger partial charge in [0.2, 0.25) is 0 Å². The number of nitrogens with zero attached hydrogens (tertiary/aromatic N) is 2. The van der Waals surface area contributed by atoms with Gasteiger partial charge in [-0.2, -0.15) is 0 Å². The van der Waals surface area contributed by atoms with Crippen molar-refractivity contribution in [2.45, 2.75) is 25.2 Å². The maximum absolute atomic E-state index is 2.58. The summed E-state index contributed by atoms with van der Waals surface area (Å²) < 4.78 is 4.91. The minimum absolute atomic E-state index is 0.0156. The SMILES string of the molecule is CC1(C)c2cc3c(cc2C2C=c4c(n(-c5ccccc5)c5ccccc45)=CC21)c1ccccc1n3-c1ccccc1. The largest absolute Gasteiger partial charge is 0.310 e. The Labute approximate surface area is 239 Å². The smallest absolute Gasteiger partial charge is 0.0544 e. The fraction of sp³-hybridized carbons (Fsp3) is 0.128. The summed E-state index contributed by atoms with van der Waals surface area (Å²) in [4.78, 5) is 0. The number of fused-ring (bicyclic) bond motifs is 9. The van der Waals surface area contributed by atoms with Crippen LogP contribution in [0.5, 0.6) is 0 Å². The number of rotatable bonds is 2. The molecule has 2 aromatic heterocycles. The van der Waals surface area contributed by atoms with E-state index < -0.39 is 0 Å². The molecule has 0 saturated heterocycles. The van der Waals surface area contributed by atoms with E-state index in [-0.39, 0.29) is 5.41 Å². The van der Waals surface area contributed by atoms with Gasteiger partial charge in [0.25, 0.3) is 0 Å². The third kappa shape index (κ3) is 3.02. The van der Waals surface area contributed by atoms with E-state index in [1.54, 1.807) is 0 Å². The van der Waals surface area contributed by atoms with E-state index in [9.17, 15) is 0 Å². The quantitative estimate of drug-likeness (QED) is 0.216. The summed E-state index contributed by atoms with van der Waals surface area (Å²) >= 11 is 0. The van der Waals surface area contributed by atoms with E-state index >= 15 is 0 Å². The molecule has 0 aliphatic heterocycles. The van der Waals surface area contributed by atoms with Crippen molar-refractivity contribution >= 4 is 44.9 Å². The van der Waals surface area contributed by atoms with E-state index in [1.807, 2.05) is 0 Å². The molecule has 0 amide bonds. The normalized spacial score (nSPS) is 18.6. The molecular weight excluding hydrogens is 496 g/mol. The van der Waals surface area contributed by atoms with Crippen LogP contribution in [0.3, 0.4) is 0 Å². The first-order valence-electron chi connectivity index (χ1n) is 14.6. The lowest BCUT2D eigenvalue weighted by molar-refractivity contribution is 0.421. The molecule has 9 rings (SSSR count). The third-order valence-corrected chi connectivity index (χ3v) is 9.78. The predicted molar refractivity (Wildman–Crippen MR) is 171 cm³/mol. The molecule has 0 saturated carbocycles. The Morgan fingerprint density at radius 1 is 0.537 bits per heavy atom. The molecule has 5 aromatic carbocycles. The van der Waals surface area contributed by atoms with Crippen LogP contribution < -0.4 is 10.6 Å². The van der Waals surface area contributed by atoms with Crippen LogP contribution in [-0.4, -0.2) is 9.13 Å². The number of hydrogen-bond donors (Lipinski definition) is 0. The van der Waals surface area contributed by atoms with Crippen molar-refractivity contribution in [3.63, 3.8) is 0 Å². The Bertz CT molecular complexity index is 2280. The van der Waals surface area contributed by atoms with E-state index in [0.717, 1.165) is 0 Å². The molecule has 7 aromatic rings. The Kier molecular flexibility index (Phi) is 4.54. The Morgan fingerprint density at radius 2 is 1.12 bits per heavy atom. The van der Waals surface area contributed by atoms with Gasteiger partial charge in [-0.3, -0.25) is 0 Å². The van der Waals surface area contributed by atoms with Crippen molar-refractivity contribution < 1.29 is 0 Å². The standard InChI is InChI=1S/C39H30N2/c1-39(2)33-23-37-31(27-17-9-11-19-35(27)40(37)25-13-5-3-6-14-25)21-29(33)30-22-32-28-18-10-12-20-36(28)41(38(32)24-34(30)39)26-15-7-4-8-16-26/h3-24,29,33H,1-2H3. The van der Waals surface area contributed by atoms with Crippen molar-refractivity contribution in [1.29, 1.82) is 0 Å². The highest BCUT2D eigenvalue weighted by Gasteiger charge is 2.46. The molecule has 2 heterocycles. The van der Waals surface area contributed by atoms with Gasteiger partial charge in [-0.05, 0) is 71.0 Å². The highest BCUT2D eigenvalue weighted by Crippen LogP contribution is 2.54. The minimum atomic E-state index is -0.0156. The Balaban J connectivity index is 1.35. The molecule has 41 heavy (non-hydrogen) atoms. The first-order valence-corrected chi connectivity index (χ1v) is 14.6. The molecule has 2 atom stereocenters. The zero-order valence-corrected chi connectivity index (χ0v) is 23.3. The van der Waals surface area contributed by atoms with Gasteiger partial charge in [0, 0.05) is 38.7 Å². The van der Waals surface area contributed by atoms with Gasteiger partial charge in [-0.25, -0.2) is 0 Å². The summed E-state index contributed by atoms with van der Waals surface area (Å²) in [5, 5.41) is 6.67. The summed E-state index contributed by atoms with van der Waals surface area (Å²) in [6.07, 6.45) is 5.17. The summed E-state index contributed by atoms with van der Waals surface area (Å²) in [5.74, 6) is 0.713. The van der Waals surface area contributed by atoms with E-state index in [1.165, 1.54) is 65.8 Å². The Hall–Kier alpha value is -4.82. The lowest BCUT2D eigenvalue weighted by Gasteiger charge is -2.29. The van der Waals surface area contributed by atoms with Crippen LogP contribution in [0.2, 0.25) is 0 Å². The predicted octanol–water partition coefficient (Wildman–Crippen LogP) is 7.99. The topological polar surface area (TPSA) is 9.86 Å². The number of benzene rings is 5. The summed E-state index contributed by atoms with van der Waals surface area (Å²) in [6, 6.07) is 44.4. The molecule has 0 radical (unpaired) electrons. The minimum Gasteiger partial charge on any atom is -0.310 e. The van der Waals surface area contributed by atoms with Crippen LogP contribution >= 0.6 is 0 Å². The van der Waals surface area contributed by atoms with E-state index in [0.29, 0.717) is 11.8 Å². The van der Waals surface area contributed by atoms with Crippen molar-refractivity contribution in [3.05, 3.63) is 143 Å². The van der Waals surface area contributed by atoms with Gasteiger partial charge in [0.1, 0.15) is 0 Å². The maximum Gasteiger partial charge on any atom is 0.0544 e. The highest BCUT2D eigenvalue weighted by molar-refractivity contribution is 6.10. The molecule has 2 nitrogen and oxygen atoms in total. The van der Waals surface area contributed by atoms with Gasteiger partial charge in [-0.15, -0.1) is 0 Å². The molecular formula is C39H30N2. The van der Waals surface area contributed by atoms with Gasteiger partial charge < -0.3 is 9.13 Å². The number of aromatic nitrogens is 2. The number of para-hydroxylation sites is 4. The third-order valence-electron chi connectivity index (χ3n) is 9.78. The van der Waals surface area contributed by atoms with Crippen LogP contribution in [0.4, 0.5) is 0 Å². The molecule has 0 N–H and O–H groups in total. The first-order chi connectivity index (χ1) is 20.1. The van der Waals surface area contributed by atoms with Crippen LogP contribution in [0.25, 0.3) is 56.2 Å². The van der Waals surface area contributed by atoms with Gasteiger partial charge in [-0.1, -0.05) is 98.8 Å². The molecule has 0 fully saturated rings. The zero-order valence-electron chi connectivity index (χ0n) is 23.3. The monoisotopic (exact) mass is 526 g/mol. The molecule has 196 valence electrons. The summed E-state index contributed by atoms with van der Waals surface area (Å²) in [7, 11) is 0. The van der Waals surface area contributed by atoms with Gasteiger partial charge in [0.15, 0.2) is 0 Å². The molecule has 2 aliphatic rings.